The lowest BCUT2D eigenvalue weighted by Gasteiger charge is -2.55. The maximum atomic E-state index is 13.5. The second-order valence-electron chi connectivity index (χ2n) is 6.84. The van der Waals surface area contributed by atoms with Crippen molar-refractivity contribution in [3.05, 3.63) is 35.6 Å². The van der Waals surface area contributed by atoms with Crippen LogP contribution in [0.3, 0.4) is 0 Å². The zero-order valence-electron chi connectivity index (χ0n) is 15.6. The van der Waals surface area contributed by atoms with Gasteiger partial charge in [0.25, 0.3) is 0 Å². The van der Waals surface area contributed by atoms with Gasteiger partial charge in [-0.3, -0.25) is 0 Å². The van der Waals surface area contributed by atoms with E-state index >= 15 is 0 Å². The number of ether oxygens (including phenoxy) is 2. The van der Waals surface area contributed by atoms with Gasteiger partial charge in [-0.1, -0.05) is 32.0 Å². The first-order valence-electron chi connectivity index (χ1n) is 9.41. The second kappa shape index (κ2) is 9.62. The lowest BCUT2D eigenvalue weighted by Crippen LogP contribution is -2.64. The van der Waals surface area contributed by atoms with Crippen LogP contribution in [0, 0.1) is 11.2 Å². The summed E-state index contributed by atoms with van der Waals surface area (Å²) in [6, 6.07) is 6.90. The minimum atomic E-state index is -0.607. The largest absolute Gasteiger partial charge is 0.389 e. The van der Waals surface area contributed by atoms with E-state index in [2.05, 4.69) is 19.2 Å². The predicted molar refractivity (Wildman–Crippen MR) is 96.9 cm³/mol. The van der Waals surface area contributed by atoms with Gasteiger partial charge in [0.2, 0.25) is 0 Å². The molecule has 4 nitrogen and oxygen atoms in total. The molecule has 0 saturated heterocycles. The normalized spacial score (nSPS) is 23.2. The summed E-state index contributed by atoms with van der Waals surface area (Å²) in [5.74, 6) is -0.276. The van der Waals surface area contributed by atoms with E-state index in [0.29, 0.717) is 24.3 Å². The summed E-state index contributed by atoms with van der Waals surface area (Å²) in [4.78, 5) is 0. The van der Waals surface area contributed by atoms with Crippen LogP contribution in [0.25, 0.3) is 0 Å². The average Bonchev–Trinajstić information content (AvgIpc) is 2.60. The van der Waals surface area contributed by atoms with Gasteiger partial charge in [-0.2, -0.15) is 0 Å². The van der Waals surface area contributed by atoms with Gasteiger partial charge in [-0.15, -0.1) is 0 Å². The predicted octanol–water partition coefficient (Wildman–Crippen LogP) is 3.28. The first-order valence-corrected chi connectivity index (χ1v) is 9.41. The molecule has 0 aromatic heterocycles. The van der Waals surface area contributed by atoms with Gasteiger partial charge in [-0.05, 0) is 32.3 Å². The Morgan fingerprint density at radius 2 is 2.00 bits per heavy atom. The molecule has 1 aromatic rings. The van der Waals surface area contributed by atoms with Crippen LogP contribution < -0.4 is 5.32 Å². The number of benzene rings is 1. The first kappa shape index (κ1) is 20.3. The molecule has 1 fully saturated rings. The highest BCUT2D eigenvalue weighted by atomic mass is 19.1. The molecule has 0 aliphatic heterocycles. The second-order valence-corrected chi connectivity index (χ2v) is 6.84. The number of aliphatic hydroxyl groups excluding tert-OH is 1. The number of rotatable bonds is 11. The van der Waals surface area contributed by atoms with Gasteiger partial charge < -0.3 is 19.9 Å². The van der Waals surface area contributed by atoms with Crippen LogP contribution in [0.4, 0.5) is 4.39 Å². The number of halogens is 1. The third-order valence-electron chi connectivity index (χ3n) is 5.59. The van der Waals surface area contributed by atoms with E-state index in [1.807, 2.05) is 6.92 Å². The van der Waals surface area contributed by atoms with Gasteiger partial charge in [-0.25, -0.2) is 4.39 Å². The van der Waals surface area contributed by atoms with E-state index < -0.39 is 6.10 Å². The van der Waals surface area contributed by atoms with E-state index in [1.165, 1.54) is 6.07 Å². The zero-order chi connectivity index (χ0) is 18.3. The van der Waals surface area contributed by atoms with Crippen LogP contribution in [-0.2, 0) is 16.1 Å². The molecule has 1 aliphatic carbocycles. The smallest absolute Gasteiger partial charge is 0.128 e. The van der Waals surface area contributed by atoms with Crippen molar-refractivity contribution in [2.45, 2.75) is 64.9 Å². The van der Waals surface area contributed by atoms with Crippen molar-refractivity contribution in [1.29, 1.82) is 0 Å². The van der Waals surface area contributed by atoms with E-state index in [4.69, 9.17) is 9.47 Å². The molecule has 0 bridgehead atoms. The van der Waals surface area contributed by atoms with Crippen molar-refractivity contribution < 1.29 is 19.0 Å². The van der Waals surface area contributed by atoms with Crippen molar-refractivity contribution >= 4 is 0 Å². The summed E-state index contributed by atoms with van der Waals surface area (Å²) in [7, 11) is 0. The number of hydrogen-bond donors (Lipinski definition) is 2. The van der Waals surface area contributed by atoms with Crippen molar-refractivity contribution in [1.82, 2.24) is 5.32 Å². The molecule has 25 heavy (non-hydrogen) atoms. The molecular formula is C20H32FNO3. The molecule has 3 atom stereocenters. The summed E-state index contributed by atoms with van der Waals surface area (Å²) < 4.78 is 24.8. The third kappa shape index (κ3) is 4.79. The molecule has 0 radical (unpaired) electrons. The molecular weight excluding hydrogens is 321 g/mol. The maximum Gasteiger partial charge on any atom is 0.128 e. The Kier molecular flexibility index (Phi) is 7.81. The summed E-state index contributed by atoms with van der Waals surface area (Å²) in [6.45, 7) is 8.03. The van der Waals surface area contributed by atoms with E-state index in [0.717, 1.165) is 25.9 Å². The van der Waals surface area contributed by atoms with Crippen molar-refractivity contribution in [2.24, 2.45) is 5.41 Å². The minimum absolute atomic E-state index is 0.157. The highest BCUT2D eigenvalue weighted by Crippen LogP contribution is 2.48. The average molecular weight is 353 g/mol. The monoisotopic (exact) mass is 353 g/mol. The SMILES string of the molecule is CCO[C@@H]1C[C@H](NC[C@@H](O)COCc2ccccc2F)C1(CC)CC. The van der Waals surface area contributed by atoms with Crippen LogP contribution in [0.5, 0.6) is 0 Å². The summed E-state index contributed by atoms with van der Waals surface area (Å²) in [5.41, 5.74) is 0.668. The molecule has 0 spiro atoms. The summed E-state index contributed by atoms with van der Waals surface area (Å²) in [5, 5.41) is 13.6. The van der Waals surface area contributed by atoms with Crippen molar-refractivity contribution in [2.75, 3.05) is 19.8 Å². The summed E-state index contributed by atoms with van der Waals surface area (Å²) >= 11 is 0. The first-order chi connectivity index (χ1) is 12.1. The maximum absolute atomic E-state index is 13.5. The fraction of sp³-hybridized carbons (Fsp3) is 0.700. The number of hydrogen-bond acceptors (Lipinski definition) is 4. The Morgan fingerprint density at radius 3 is 2.64 bits per heavy atom. The van der Waals surface area contributed by atoms with Crippen LogP contribution >= 0.6 is 0 Å². The molecule has 2 rings (SSSR count). The van der Waals surface area contributed by atoms with Gasteiger partial charge in [0.1, 0.15) is 5.82 Å². The lowest BCUT2D eigenvalue weighted by molar-refractivity contribution is -0.139. The Hall–Kier alpha value is -1.01. The molecule has 142 valence electrons. The Balaban J connectivity index is 1.73. The minimum Gasteiger partial charge on any atom is -0.389 e. The Morgan fingerprint density at radius 1 is 1.28 bits per heavy atom. The fourth-order valence-corrected chi connectivity index (χ4v) is 3.92. The number of aliphatic hydroxyl groups is 1. The van der Waals surface area contributed by atoms with Crippen LogP contribution in [-0.4, -0.2) is 43.1 Å². The Labute approximate surface area is 150 Å². The molecule has 1 aromatic carbocycles. The van der Waals surface area contributed by atoms with Gasteiger partial charge >= 0.3 is 0 Å². The van der Waals surface area contributed by atoms with Crippen molar-refractivity contribution in [3.8, 4) is 0 Å². The zero-order valence-corrected chi connectivity index (χ0v) is 15.6. The highest BCUT2D eigenvalue weighted by Gasteiger charge is 2.52. The van der Waals surface area contributed by atoms with Crippen molar-refractivity contribution in [3.63, 3.8) is 0 Å². The molecule has 5 heteroatoms. The molecule has 1 aliphatic rings. The van der Waals surface area contributed by atoms with Gasteiger partial charge in [0.05, 0.1) is 25.4 Å². The van der Waals surface area contributed by atoms with Gasteiger partial charge in [0, 0.05) is 30.2 Å². The highest BCUT2D eigenvalue weighted by molar-refractivity contribution is 5.16. The molecule has 0 heterocycles. The summed E-state index contributed by atoms with van der Waals surface area (Å²) in [6.07, 6.45) is 2.80. The van der Waals surface area contributed by atoms with Gasteiger partial charge in [0.15, 0.2) is 0 Å². The van der Waals surface area contributed by atoms with Crippen LogP contribution in [0.1, 0.15) is 45.6 Å². The Bertz CT molecular complexity index is 521. The number of nitrogens with one attached hydrogen (secondary N) is 1. The lowest BCUT2D eigenvalue weighted by atomic mass is 9.58. The molecule has 0 amide bonds. The standard InChI is InChI=1S/C20H32FNO3/c1-4-20(5-2)18(11-19(20)25-6-3)22-12-16(23)14-24-13-15-9-7-8-10-17(15)21/h7-10,16,18-19,22-23H,4-6,11-14H2,1-3H3/t16-,18+,19-/m1/s1. The van der Waals surface area contributed by atoms with Crippen LogP contribution in [0.15, 0.2) is 24.3 Å². The van der Waals surface area contributed by atoms with Crippen LogP contribution in [0.2, 0.25) is 0 Å². The van der Waals surface area contributed by atoms with E-state index in [1.54, 1.807) is 18.2 Å². The molecule has 1 saturated carbocycles. The molecule has 2 N–H and O–H groups in total. The molecule has 0 unspecified atom stereocenters. The topological polar surface area (TPSA) is 50.7 Å². The van der Waals surface area contributed by atoms with E-state index in [9.17, 15) is 9.50 Å². The quantitative estimate of drug-likeness (QED) is 0.641. The third-order valence-corrected chi connectivity index (χ3v) is 5.59. The fourth-order valence-electron chi connectivity index (χ4n) is 3.92. The van der Waals surface area contributed by atoms with E-state index in [-0.39, 0.29) is 24.4 Å².